The molecular formula is C12H13N3O2. The summed E-state index contributed by atoms with van der Waals surface area (Å²) in [4.78, 5) is 15.9. The first-order valence-electron chi connectivity index (χ1n) is 5.24. The number of anilines is 1. The second-order valence-electron chi connectivity index (χ2n) is 3.81. The van der Waals surface area contributed by atoms with Gasteiger partial charge in [-0.1, -0.05) is 23.4 Å². The lowest BCUT2D eigenvalue weighted by Gasteiger charge is -2.15. The van der Waals surface area contributed by atoms with E-state index in [1.54, 1.807) is 19.0 Å². The quantitative estimate of drug-likeness (QED) is 0.575. The van der Waals surface area contributed by atoms with E-state index < -0.39 is 5.97 Å². The van der Waals surface area contributed by atoms with Crippen LogP contribution < -0.4 is 5.01 Å². The molecule has 0 saturated carbocycles. The molecule has 1 aliphatic rings. The molecule has 1 heterocycles. The fourth-order valence-electron chi connectivity index (χ4n) is 1.59. The predicted molar refractivity (Wildman–Crippen MR) is 66.2 cm³/mol. The molecule has 5 heteroatoms. The molecule has 0 aliphatic carbocycles. The Labute approximate surface area is 99.4 Å². The summed E-state index contributed by atoms with van der Waals surface area (Å²) in [6, 6.07) is 7.80. The van der Waals surface area contributed by atoms with Crippen LogP contribution in [-0.2, 0) is 9.63 Å². The lowest BCUT2D eigenvalue weighted by molar-refractivity contribution is -0.134. The average molecular weight is 231 g/mol. The van der Waals surface area contributed by atoms with Crippen molar-refractivity contribution in [3.8, 4) is 0 Å². The largest absolute Gasteiger partial charge is 0.387 e. The molecule has 1 aliphatic heterocycles. The fraction of sp³-hybridized carbons (Fsp3) is 0.250. The van der Waals surface area contributed by atoms with Crippen LogP contribution in [0.15, 0.2) is 34.5 Å². The van der Waals surface area contributed by atoms with E-state index in [4.69, 9.17) is 0 Å². The van der Waals surface area contributed by atoms with E-state index in [2.05, 4.69) is 15.1 Å². The summed E-state index contributed by atoms with van der Waals surface area (Å²) in [7, 11) is 1.79. The van der Waals surface area contributed by atoms with E-state index >= 15 is 0 Å². The summed E-state index contributed by atoms with van der Waals surface area (Å²) in [5.41, 5.74) is 2.76. The van der Waals surface area contributed by atoms with E-state index in [1.807, 2.05) is 31.2 Å². The van der Waals surface area contributed by atoms with Crippen molar-refractivity contribution in [2.75, 3.05) is 12.1 Å². The number of carbonyl (C=O) groups is 1. The molecule has 0 fully saturated rings. The third-order valence-electron chi connectivity index (χ3n) is 2.52. The Morgan fingerprint density at radius 3 is 2.59 bits per heavy atom. The first-order chi connectivity index (χ1) is 8.09. The van der Waals surface area contributed by atoms with Crippen molar-refractivity contribution in [3.63, 3.8) is 0 Å². The zero-order valence-corrected chi connectivity index (χ0v) is 9.97. The number of oxime groups is 1. The molecule has 0 spiro atoms. The molecule has 0 unspecified atom stereocenters. The van der Waals surface area contributed by atoms with Gasteiger partial charge in [-0.3, -0.25) is 5.01 Å². The van der Waals surface area contributed by atoms with E-state index in [1.165, 1.54) is 0 Å². The van der Waals surface area contributed by atoms with Crippen LogP contribution in [0.4, 0.5) is 5.69 Å². The number of rotatable bonds is 2. The van der Waals surface area contributed by atoms with Crippen LogP contribution in [0.25, 0.3) is 0 Å². The second kappa shape index (κ2) is 4.37. The minimum Gasteiger partial charge on any atom is -0.311 e. The highest BCUT2D eigenvalue weighted by atomic mass is 16.7. The molecule has 1 aromatic carbocycles. The smallest absolute Gasteiger partial charge is 0.311 e. The third kappa shape index (κ3) is 2.18. The number of hydrogen-bond acceptors (Lipinski definition) is 5. The van der Waals surface area contributed by atoms with E-state index in [0.29, 0.717) is 5.71 Å². The second-order valence-corrected chi connectivity index (χ2v) is 3.81. The van der Waals surface area contributed by atoms with Gasteiger partial charge in [-0.2, -0.15) is 5.10 Å². The summed E-state index contributed by atoms with van der Waals surface area (Å²) < 4.78 is 0. The van der Waals surface area contributed by atoms with Crippen molar-refractivity contribution in [3.05, 3.63) is 29.8 Å². The summed E-state index contributed by atoms with van der Waals surface area (Å²) in [5.74, 6) is -0.511. The van der Waals surface area contributed by atoms with Gasteiger partial charge in [0.1, 0.15) is 5.71 Å². The molecule has 0 bridgehead atoms. The van der Waals surface area contributed by atoms with Gasteiger partial charge in [-0.25, -0.2) is 4.79 Å². The Balaban J connectivity index is 2.31. The van der Waals surface area contributed by atoms with Gasteiger partial charge in [0.25, 0.3) is 0 Å². The minimum absolute atomic E-state index is 0.246. The molecule has 1 aromatic rings. The molecule has 0 N–H and O–H groups in total. The molecule has 5 nitrogen and oxygen atoms in total. The summed E-state index contributed by atoms with van der Waals surface area (Å²) >= 11 is 0. The number of hydrogen-bond donors (Lipinski definition) is 0. The molecule has 2 rings (SSSR count). The van der Waals surface area contributed by atoms with Crippen molar-refractivity contribution < 1.29 is 9.63 Å². The monoisotopic (exact) mass is 231 g/mol. The SMILES string of the molecule is CC1=NOC(=O)/C1=N\N(C)c1ccccc1C. The normalized spacial score (nSPS) is 17.0. The van der Waals surface area contributed by atoms with Crippen LogP contribution in [-0.4, -0.2) is 24.4 Å². The number of para-hydroxylation sites is 1. The fourth-order valence-corrected chi connectivity index (χ4v) is 1.59. The van der Waals surface area contributed by atoms with Crippen molar-refractivity contribution in [2.24, 2.45) is 10.3 Å². The van der Waals surface area contributed by atoms with E-state index in [9.17, 15) is 4.79 Å². The number of nitrogens with zero attached hydrogens (tertiary/aromatic N) is 3. The molecule has 0 radical (unpaired) electrons. The highest BCUT2D eigenvalue weighted by Gasteiger charge is 2.25. The Hall–Kier alpha value is -2.17. The maximum absolute atomic E-state index is 11.3. The summed E-state index contributed by atoms with van der Waals surface area (Å²) in [6.07, 6.45) is 0. The number of hydrazone groups is 1. The van der Waals surface area contributed by atoms with Gasteiger partial charge < -0.3 is 4.84 Å². The van der Waals surface area contributed by atoms with Gasteiger partial charge in [0, 0.05) is 7.05 Å². The number of benzene rings is 1. The molecule has 17 heavy (non-hydrogen) atoms. The number of aryl methyl sites for hydroxylation is 1. The van der Waals surface area contributed by atoms with Crippen LogP contribution >= 0.6 is 0 Å². The topological polar surface area (TPSA) is 54.3 Å². The Bertz CT molecular complexity index is 520. The third-order valence-corrected chi connectivity index (χ3v) is 2.52. The summed E-state index contributed by atoms with van der Waals surface area (Å²) in [5, 5.41) is 9.44. The Morgan fingerprint density at radius 2 is 2.00 bits per heavy atom. The van der Waals surface area contributed by atoms with Crippen molar-refractivity contribution in [1.29, 1.82) is 0 Å². The van der Waals surface area contributed by atoms with Gasteiger partial charge in [0.15, 0.2) is 5.71 Å². The minimum atomic E-state index is -0.511. The Morgan fingerprint density at radius 1 is 1.29 bits per heavy atom. The van der Waals surface area contributed by atoms with Crippen molar-refractivity contribution in [1.82, 2.24) is 0 Å². The Kier molecular flexibility index (Phi) is 2.91. The molecule has 88 valence electrons. The molecule has 0 amide bonds. The van der Waals surface area contributed by atoms with Crippen LogP contribution in [0.5, 0.6) is 0 Å². The molecule has 0 atom stereocenters. The molecule has 0 saturated heterocycles. The maximum Gasteiger partial charge on any atom is 0.387 e. The highest BCUT2D eigenvalue weighted by molar-refractivity contribution is 6.66. The van der Waals surface area contributed by atoms with Crippen molar-refractivity contribution in [2.45, 2.75) is 13.8 Å². The summed E-state index contributed by atoms with van der Waals surface area (Å²) in [6.45, 7) is 3.68. The van der Waals surface area contributed by atoms with Gasteiger partial charge in [0.05, 0.1) is 5.69 Å². The highest BCUT2D eigenvalue weighted by Crippen LogP contribution is 2.18. The van der Waals surface area contributed by atoms with Gasteiger partial charge in [0.2, 0.25) is 0 Å². The molecule has 0 aromatic heterocycles. The predicted octanol–water partition coefficient (Wildman–Crippen LogP) is 1.72. The van der Waals surface area contributed by atoms with Crippen LogP contribution in [0, 0.1) is 6.92 Å². The average Bonchev–Trinajstić information content (AvgIpc) is 2.61. The zero-order chi connectivity index (χ0) is 12.4. The van der Waals surface area contributed by atoms with E-state index in [-0.39, 0.29) is 5.71 Å². The van der Waals surface area contributed by atoms with E-state index in [0.717, 1.165) is 11.3 Å². The standard InChI is InChI=1S/C12H13N3O2/c1-8-6-4-5-7-10(8)15(3)13-11-9(2)14-17-12(11)16/h4-7H,1-3H3/b13-11-. The molecular weight excluding hydrogens is 218 g/mol. The van der Waals surface area contributed by atoms with Crippen LogP contribution in [0.1, 0.15) is 12.5 Å². The van der Waals surface area contributed by atoms with Gasteiger partial charge in [-0.15, -0.1) is 0 Å². The lowest BCUT2D eigenvalue weighted by Crippen LogP contribution is -2.22. The van der Waals surface area contributed by atoms with Crippen LogP contribution in [0.2, 0.25) is 0 Å². The maximum atomic E-state index is 11.3. The van der Waals surface area contributed by atoms with Crippen molar-refractivity contribution >= 4 is 23.1 Å². The zero-order valence-electron chi connectivity index (χ0n) is 9.97. The first-order valence-corrected chi connectivity index (χ1v) is 5.24. The van der Waals surface area contributed by atoms with Crippen LogP contribution in [0.3, 0.4) is 0 Å². The first kappa shape index (κ1) is 11.3. The number of carbonyl (C=O) groups excluding carboxylic acids is 1. The van der Waals surface area contributed by atoms with Gasteiger partial charge in [-0.05, 0) is 25.5 Å². The van der Waals surface area contributed by atoms with Gasteiger partial charge >= 0.3 is 5.97 Å². The lowest BCUT2D eigenvalue weighted by atomic mass is 10.2.